The largest absolute Gasteiger partial charge is 0.631 e. The quantitative estimate of drug-likeness (QED) is 0.673. The van der Waals surface area contributed by atoms with Crippen LogP contribution in [0.1, 0.15) is 13.3 Å². The highest BCUT2D eigenvalue weighted by Crippen LogP contribution is 2.18. The molecule has 1 aromatic rings. The molecule has 0 aliphatic heterocycles. The van der Waals surface area contributed by atoms with E-state index in [4.69, 9.17) is 19.8 Å². The SMILES string of the molecule is CCCOc1cccc(F)c1F.OB(O)O. The van der Waals surface area contributed by atoms with Crippen molar-refractivity contribution >= 4 is 7.32 Å². The van der Waals surface area contributed by atoms with Gasteiger partial charge in [0.15, 0.2) is 11.6 Å². The van der Waals surface area contributed by atoms with E-state index < -0.39 is 19.0 Å². The molecule has 0 spiro atoms. The molecular formula is C9H13BF2O4. The number of benzene rings is 1. The number of rotatable bonds is 3. The van der Waals surface area contributed by atoms with E-state index >= 15 is 0 Å². The van der Waals surface area contributed by atoms with Crippen molar-refractivity contribution in [1.29, 1.82) is 0 Å². The molecule has 0 aliphatic carbocycles. The molecule has 0 aromatic heterocycles. The van der Waals surface area contributed by atoms with E-state index in [9.17, 15) is 8.78 Å². The van der Waals surface area contributed by atoms with Crippen LogP contribution in [0.25, 0.3) is 0 Å². The smallest absolute Gasteiger partial charge is 0.490 e. The van der Waals surface area contributed by atoms with Gasteiger partial charge >= 0.3 is 7.32 Å². The predicted octanol–water partition coefficient (Wildman–Crippen LogP) is 0.702. The molecule has 0 radical (unpaired) electrons. The molecule has 16 heavy (non-hydrogen) atoms. The van der Waals surface area contributed by atoms with Crippen molar-refractivity contribution in [2.45, 2.75) is 13.3 Å². The van der Waals surface area contributed by atoms with Crippen molar-refractivity contribution in [3.8, 4) is 5.75 Å². The Morgan fingerprint density at radius 1 is 1.25 bits per heavy atom. The summed E-state index contributed by atoms with van der Waals surface area (Å²) < 4.78 is 30.3. The molecule has 0 bridgehead atoms. The van der Waals surface area contributed by atoms with E-state index in [0.29, 0.717) is 6.61 Å². The second kappa shape index (κ2) is 8.03. The third kappa shape index (κ3) is 6.33. The molecule has 0 atom stereocenters. The molecule has 0 saturated carbocycles. The first-order valence-electron chi connectivity index (χ1n) is 4.60. The topological polar surface area (TPSA) is 69.9 Å². The zero-order valence-electron chi connectivity index (χ0n) is 8.73. The van der Waals surface area contributed by atoms with Crippen LogP contribution < -0.4 is 4.74 Å². The Hall–Kier alpha value is -1.18. The van der Waals surface area contributed by atoms with Crippen LogP contribution in [-0.2, 0) is 0 Å². The summed E-state index contributed by atoms with van der Waals surface area (Å²) in [6, 6.07) is 3.89. The fourth-order valence-electron chi connectivity index (χ4n) is 0.808. The minimum atomic E-state index is -2.17. The Morgan fingerprint density at radius 2 is 1.81 bits per heavy atom. The van der Waals surface area contributed by atoms with Crippen LogP contribution in [0.3, 0.4) is 0 Å². The van der Waals surface area contributed by atoms with E-state index in [0.717, 1.165) is 12.5 Å². The van der Waals surface area contributed by atoms with Gasteiger partial charge in [-0.05, 0) is 18.6 Å². The summed E-state index contributed by atoms with van der Waals surface area (Å²) in [4.78, 5) is 0. The minimum absolute atomic E-state index is 0.0168. The lowest BCUT2D eigenvalue weighted by Crippen LogP contribution is -2.07. The second-order valence-electron chi connectivity index (χ2n) is 2.75. The highest BCUT2D eigenvalue weighted by molar-refractivity contribution is 6.30. The van der Waals surface area contributed by atoms with Crippen molar-refractivity contribution < 1.29 is 28.6 Å². The molecular weight excluding hydrogens is 221 g/mol. The van der Waals surface area contributed by atoms with Gasteiger partial charge in [0.25, 0.3) is 0 Å². The van der Waals surface area contributed by atoms with Gasteiger partial charge in [0.2, 0.25) is 5.82 Å². The van der Waals surface area contributed by atoms with Gasteiger partial charge in [-0.2, -0.15) is 4.39 Å². The maximum atomic E-state index is 12.8. The fourth-order valence-corrected chi connectivity index (χ4v) is 0.808. The van der Waals surface area contributed by atoms with E-state index in [1.807, 2.05) is 6.92 Å². The number of halogens is 2. The predicted molar refractivity (Wildman–Crippen MR) is 54.6 cm³/mol. The molecule has 7 heteroatoms. The van der Waals surface area contributed by atoms with Crippen LogP contribution in [-0.4, -0.2) is 29.0 Å². The van der Waals surface area contributed by atoms with Crippen LogP contribution in [0.5, 0.6) is 5.75 Å². The third-order valence-corrected chi connectivity index (χ3v) is 1.38. The maximum absolute atomic E-state index is 12.8. The Morgan fingerprint density at radius 3 is 2.31 bits per heavy atom. The van der Waals surface area contributed by atoms with Crippen LogP contribution in [0.15, 0.2) is 18.2 Å². The van der Waals surface area contributed by atoms with Crippen molar-refractivity contribution in [2.75, 3.05) is 6.61 Å². The summed E-state index contributed by atoms with van der Waals surface area (Å²) in [7, 11) is -2.17. The highest BCUT2D eigenvalue weighted by Gasteiger charge is 2.07. The molecule has 0 saturated heterocycles. The Labute approximate surface area is 92.3 Å². The van der Waals surface area contributed by atoms with Crippen molar-refractivity contribution in [3.05, 3.63) is 29.8 Å². The van der Waals surface area contributed by atoms with Gasteiger partial charge in [0, 0.05) is 0 Å². The number of hydrogen-bond acceptors (Lipinski definition) is 4. The zero-order chi connectivity index (χ0) is 12.6. The molecule has 0 amide bonds. The standard InChI is InChI=1S/C9H10F2O.BH3O3/c1-2-6-12-8-5-3-4-7(10)9(8)11;2-1(3)4/h3-5H,2,6H2,1H3;2-4H. The second-order valence-corrected chi connectivity index (χ2v) is 2.75. The van der Waals surface area contributed by atoms with Crippen molar-refractivity contribution in [1.82, 2.24) is 0 Å². The first-order valence-corrected chi connectivity index (χ1v) is 4.60. The molecule has 3 N–H and O–H groups in total. The molecule has 1 aromatic carbocycles. The van der Waals surface area contributed by atoms with Gasteiger partial charge in [0.1, 0.15) is 0 Å². The van der Waals surface area contributed by atoms with Crippen LogP contribution >= 0.6 is 0 Å². The lowest BCUT2D eigenvalue weighted by Gasteiger charge is -2.04. The fraction of sp³-hybridized carbons (Fsp3) is 0.333. The summed E-state index contributed by atoms with van der Waals surface area (Å²) in [6.45, 7) is 2.30. The monoisotopic (exact) mass is 234 g/mol. The summed E-state index contributed by atoms with van der Waals surface area (Å²) in [5.74, 6) is -1.80. The molecule has 1 rings (SSSR count). The van der Waals surface area contributed by atoms with E-state index in [1.165, 1.54) is 12.1 Å². The van der Waals surface area contributed by atoms with Crippen LogP contribution in [0.4, 0.5) is 8.78 Å². The van der Waals surface area contributed by atoms with Gasteiger partial charge in [-0.1, -0.05) is 13.0 Å². The van der Waals surface area contributed by atoms with Gasteiger partial charge in [-0.3, -0.25) is 0 Å². The van der Waals surface area contributed by atoms with Gasteiger partial charge in [0.05, 0.1) is 6.61 Å². The molecule has 90 valence electrons. The average molecular weight is 234 g/mol. The lowest BCUT2D eigenvalue weighted by molar-refractivity contribution is 0.278. The first-order chi connectivity index (χ1) is 7.49. The molecule has 0 unspecified atom stereocenters. The number of hydrogen-bond donors (Lipinski definition) is 3. The lowest BCUT2D eigenvalue weighted by atomic mass is 10.3. The summed E-state index contributed by atoms with van der Waals surface area (Å²) in [6.07, 6.45) is 0.774. The summed E-state index contributed by atoms with van der Waals surface area (Å²) in [5, 5.41) is 21.5. The Balaban J connectivity index is 0.000000487. The van der Waals surface area contributed by atoms with Gasteiger partial charge in [-0.25, -0.2) is 4.39 Å². The molecule has 4 nitrogen and oxygen atoms in total. The minimum Gasteiger partial charge on any atom is -0.490 e. The normalized spacial score (nSPS) is 9.12. The highest BCUT2D eigenvalue weighted by atomic mass is 19.2. The summed E-state index contributed by atoms with van der Waals surface area (Å²) in [5.41, 5.74) is 0. The van der Waals surface area contributed by atoms with Crippen molar-refractivity contribution in [3.63, 3.8) is 0 Å². The van der Waals surface area contributed by atoms with Gasteiger partial charge in [-0.15, -0.1) is 0 Å². The van der Waals surface area contributed by atoms with Crippen LogP contribution in [0, 0.1) is 11.6 Å². The van der Waals surface area contributed by atoms with E-state index in [2.05, 4.69) is 0 Å². The average Bonchev–Trinajstić information content (AvgIpc) is 2.19. The number of ether oxygens (including phenoxy) is 1. The summed E-state index contributed by atoms with van der Waals surface area (Å²) >= 11 is 0. The molecule has 0 fully saturated rings. The molecule has 0 aliphatic rings. The Bertz CT molecular complexity index is 307. The molecule has 0 heterocycles. The van der Waals surface area contributed by atoms with E-state index in [1.54, 1.807) is 0 Å². The van der Waals surface area contributed by atoms with Crippen LogP contribution in [0.2, 0.25) is 0 Å². The first kappa shape index (κ1) is 14.8. The Kier molecular flexibility index (Phi) is 7.44. The van der Waals surface area contributed by atoms with E-state index in [-0.39, 0.29) is 5.75 Å². The maximum Gasteiger partial charge on any atom is 0.631 e. The van der Waals surface area contributed by atoms with Crippen molar-refractivity contribution in [2.24, 2.45) is 0 Å². The van der Waals surface area contributed by atoms with Gasteiger partial charge < -0.3 is 19.8 Å². The zero-order valence-corrected chi connectivity index (χ0v) is 8.73. The third-order valence-electron chi connectivity index (χ3n) is 1.38.